The van der Waals surface area contributed by atoms with Gasteiger partial charge in [-0.25, -0.2) is 9.18 Å². The fourth-order valence-electron chi connectivity index (χ4n) is 1.40. The van der Waals surface area contributed by atoms with Gasteiger partial charge in [0.25, 0.3) is 0 Å². The molecule has 15 heavy (non-hydrogen) atoms. The van der Waals surface area contributed by atoms with Crippen LogP contribution in [0.1, 0.15) is 10.5 Å². The second kappa shape index (κ2) is 3.27. The molecule has 0 fully saturated rings. The van der Waals surface area contributed by atoms with Crippen LogP contribution in [-0.2, 0) is 4.74 Å². The van der Waals surface area contributed by atoms with E-state index in [9.17, 15) is 14.3 Å². The summed E-state index contributed by atoms with van der Waals surface area (Å²) in [6.45, 7) is 0. The predicted molar refractivity (Wildman–Crippen MR) is 51.3 cm³/mol. The number of rotatable bonds is 1. The van der Waals surface area contributed by atoms with Gasteiger partial charge in [0, 0.05) is 11.5 Å². The molecular weight excluding hydrogens is 201 g/mol. The number of aromatic nitrogens is 1. The van der Waals surface area contributed by atoms with Crippen molar-refractivity contribution in [2.75, 3.05) is 7.11 Å². The highest BCUT2D eigenvalue weighted by molar-refractivity contribution is 5.96. The van der Waals surface area contributed by atoms with Crippen LogP contribution < -0.4 is 0 Å². The lowest BCUT2D eigenvalue weighted by Gasteiger charge is -1.94. The van der Waals surface area contributed by atoms with E-state index in [1.54, 1.807) is 0 Å². The number of methoxy groups -OCH3 is 1. The summed E-state index contributed by atoms with van der Waals surface area (Å²) in [7, 11) is 1.24. The Bertz CT molecular complexity index is 533. The van der Waals surface area contributed by atoms with E-state index in [2.05, 4.69) is 9.72 Å². The molecule has 4 nitrogen and oxygen atoms in total. The first-order valence-electron chi connectivity index (χ1n) is 4.21. The zero-order chi connectivity index (χ0) is 11.0. The van der Waals surface area contributed by atoms with Gasteiger partial charge in [-0.2, -0.15) is 0 Å². The fraction of sp³-hybridized carbons (Fsp3) is 0.100. The largest absolute Gasteiger partial charge is 0.507 e. The number of phenols is 1. The number of hydrogen-bond acceptors (Lipinski definition) is 3. The molecule has 0 aliphatic carbocycles. The number of phenolic OH excluding ortho intramolecular Hbond substituents is 1. The van der Waals surface area contributed by atoms with Crippen LogP contribution >= 0.6 is 0 Å². The van der Waals surface area contributed by atoms with E-state index in [0.717, 1.165) is 6.07 Å². The Morgan fingerprint density at radius 3 is 2.87 bits per heavy atom. The molecule has 0 saturated carbocycles. The molecule has 0 saturated heterocycles. The van der Waals surface area contributed by atoms with Crippen LogP contribution in [0.15, 0.2) is 18.2 Å². The molecule has 0 aliphatic heterocycles. The van der Waals surface area contributed by atoms with Crippen molar-refractivity contribution in [2.45, 2.75) is 0 Å². The second-order valence-electron chi connectivity index (χ2n) is 3.06. The molecular formula is C10H8FNO3. The number of benzene rings is 1. The number of carbonyl (C=O) groups is 1. The highest BCUT2D eigenvalue weighted by Gasteiger charge is 2.12. The van der Waals surface area contributed by atoms with Crippen LogP contribution in [0, 0.1) is 5.82 Å². The summed E-state index contributed by atoms with van der Waals surface area (Å²) < 4.78 is 17.4. The molecule has 78 valence electrons. The summed E-state index contributed by atoms with van der Waals surface area (Å²) in [4.78, 5) is 13.8. The maximum absolute atomic E-state index is 12.9. The Morgan fingerprint density at radius 1 is 1.47 bits per heavy atom. The maximum Gasteiger partial charge on any atom is 0.354 e. The predicted octanol–water partition coefficient (Wildman–Crippen LogP) is 1.80. The van der Waals surface area contributed by atoms with Crippen LogP contribution in [0.2, 0.25) is 0 Å². The molecule has 0 amide bonds. The zero-order valence-corrected chi connectivity index (χ0v) is 7.87. The number of aromatic amines is 1. The quantitative estimate of drug-likeness (QED) is 0.704. The van der Waals surface area contributed by atoms with Crippen molar-refractivity contribution in [1.82, 2.24) is 4.98 Å². The lowest BCUT2D eigenvalue weighted by Crippen LogP contribution is -2.00. The molecule has 0 bridgehead atoms. The Labute approximate surface area is 84.3 Å². The minimum Gasteiger partial charge on any atom is -0.507 e. The third kappa shape index (κ3) is 1.52. The van der Waals surface area contributed by atoms with Crippen LogP contribution in [0.4, 0.5) is 4.39 Å². The molecule has 0 radical (unpaired) electrons. The average molecular weight is 209 g/mol. The number of ether oxygens (including phenoxy) is 1. The van der Waals surface area contributed by atoms with Crippen molar-refractivity contribution in [3.8, 4) is 5.75 Å². The second-order valence-corrected chi connectivity index (χ2v) is 3.06. The van der Waals surface area contributed by atoms with Crippen molar-refractivity contribution in [1.29, 1.82) is 0 Å². The van der Waals surface area contributed by atoms with Gasteiger partial charge in [-0.1, -0.05) is 0 Å². The van der Waals surface area contributed by atoms with Gasteiger partial charge in [-0.15, -0.1) is 0 Å². The number of fused-ring (bicyclic) bond motifs is 1. The number of esters is 1. The lowest BCUT2D eigenvalue weighted by molar-refractivity contribution is 0.0595. The van der Waals surface area contributed by atoms with Gasteiger partial charge in [0.05, 0.1) is 12.6 Å². The molecule has 0 atom stereocenters. The van der Waals surface area contributed by atoms with Gasteiger partial charge in [0.15, 0.2) is 0 Å². The molecule has 1 heterocycles. The molecule has 2 aromatic rings. The van der Waals surface area contributed by atoms with E-state index >= 15 is 0 Å². The van der Waals surface area contributed by atoms with E-state index in [1.165, 1.54) is 19.2 Å². The number of carbonyl (C=O) groups excluding carboxylic acids is 1. The van der Waals surface area contributed by atoms with E-state index < -0.39 is 11.8 Å². The summed E-state index contributed by atoms with van der Waals surface area (Å²) >= 11 is 0. The van der Waals surface area contributed by atoms with Crippen molar-refractivity contribution in [3.63, 3.8) is 0 Å². The first-order valence-corrected chi connectivity index (χ1v) is 4.21. The third-order valence-electron chi connectivity index (χ3n) is 2.09. The fourth-order valence-corrected chi connectivity index (χ4v) is 1.40. The van der Waals surface area contributed by atoms with Crippen LogP contribution in [0.25, 0.3) is 10.9 Å². The minimum atomic E-state index is -0.571. The molecule has 2 rings (SSSR count). The number of H-pyrrole nitrogens is 1. The van der Waals surface area contributed by atoms with Gasteiger partial charge in [0.2, 0.25) is 0 Å². The Morgan fingerprint density at radius 2 is 2.20 bits per heavy atom. The summed E-state index contributed by atoms with van der Waals surface area (Å²) in [6, 6.07) is 3.59. The normalized spacial score (nSPS) is 10.5. The number of halogens is 1. The molecule has 5 heteroatoms. The van der Waals surface area contributed by atoms with E-state index in [1.807, 2.05) is 0 Å². The highest BCUT2D eigenvalue weighted by Crippen LogP contribution is 2.26. The maximum atomic E-state index is 12.9. The van der Waals surface area contributed by atoms with Crippen LogP contribution in [0.3, 0.4) is 0 Å². The van der Waals surface area contributed by atoms with Crippen LogP contribution in [0.5, 0.6) is 5.75 Å². The zero-order valence-electron chi connectivity index (χ0n) is 7.87. The first kappa shape index (κ1) is 9.51. The molecule has 0 unspecified atom stereocenters. The Hall–Kier alpha value is -2.04. The van der Waals surface area contributed by atoms with Gasteiger partial charge in [-0.05, 0) is 12.1 Å². The molecule has 0 aliphatic rings. The molecule has 1 aromatic heterocycles. The van der Waals surface area contributed by atoms with Crippen molar-refractivity contribution < 1.29 is 19.0 Å². The monoisotopic (exact) mass is 209 g/mol. The minimum absolute atomic E-state index is 0.174. The standard InChI is InChI=1S/C10H8FNO3/c1-15-10(14)8-4-6-7(12-8)2-5(11)3-9(6)13/h2-4,12-13H,1H3. The summed E-state index contributed by atoms with van der Waals surface area (Å²) in [5.41, 5.74) is 0.529. The topological polar surface area (TPSA) is 62.3 Å². The molecule has 1 aromatic carbocycles. The number of nitrogens with one attached hydrogen (secondary N) is 1. The van der Waals surface area contributed by atoms with E-state index in [4.69, 9.17) is 0 Å². The van der Waals surface area contributed by atoms with Crippen LogP contribution in [-0.4, -0.2) is 23.2 Å². The average Bonchev–Trinajstić information content (AvgIpc) is 2.60. The van der Waals surface area contributed by atoms with Crippen molar-refractivity contribution in [3.05, 3.63) is 29.7 Å². The Balaban J connectivity index is 2.65. The third-order valence-corrected chi connectivity index (χ3v) is 2.09. The first-order chi connectivity index (χ1) is 7.11. The van der Waals surface area contributed by atoms with Gasteiger partial charge >= 0.3 is 5.97 Å². The van der Waals surface area contributed by atoms with Gasteiger partial charge in [-0.3, -0.25) is 0 Å². The summed E-state index contributed by atoms with van der Waals surface area (Å²) in [5, 5.41) is 9.79. The lowest BCUT2D eigenvalue weighted by atomic mass is 10.2. The summed E-state index contributed by atoms with van der Waals surface area (Å²) in [5.74, 6) is -1.35. The number of hydrogen-bond donors (Lipinski definition) is 2. The van der Waals surface area contributed by atoms with Crippen molar-refractivity contribution in [2.24, 2.45) is 0 Å². The SMILES string of the molecule is COC(=O)c1cc2c(O)cc(F)cc2[nH]1. The molecule has 2 N–H and O–H groups in total. The molecule has 0 spiro atoms. The Kier molecular flexibility index (Phi) is 2.07. The number of aromatic hydroxyl groups is 1. The van der Waals surface area contributed by atoms with Gasteiger partial charge in [0.1, 0.15) is 17.3 Å². The van der Waals surface area contributed by atoms with E-state index in [0.29, 0.717) is 10.9 Å². The smallest absolute Gasteiger partial charge is 0.354 e. The van der Waals surface area contributed by atoms with Gasteiger partial charge < -0.3 is 14.8 Å². The summed E-state index contributed by atoms with van der Waals surface area (Å²) in [6.07, 6.45) is 0. The van der Waals surface area contributed by atoms with Crippen molar-refractivity contribution >= 4 is 16.9 Å². The van der Waals surface area contributed by atoms with E-state index in [-0.39, 0.29) is 11.4 Å². The highest BCUT2D eigenvalue weighted by atomic mass is 19.1.